The summed E-state index contributed by atoms with van der Waals surface area (Å²) in [5.74, 6) is 0.0999. The third-order valence-corrected chi connectivity index (χ3v) is 6.98. The van der Waals surface area contributed by atoms with E-state index in [1.54, 1.807) is 4.57 Å². The lowest BCUT2D eigenvalue weighted by Gasteiger charge is -2.16. The molecule has 0 spiro atoms. The van der Waals surface area contributed by atoms with E-state index in [0.29, 0.717) is 30.2 Å². The Hall–Kier alpha value is -1.75. The normalized spacial score (nSPS) is 15.2. The number of H-pyrrole nitrogens is 1. The smallest absolute Gasteiger partial charge is 0.253 e. The first-order valence-corrected chi connectivity index (χ1v) is 10.8. The van der Waals surface area contributed by atoms with Crippen molar-refractivity contribution >= 4 is 39.7 Å². The summed E-state index contributed by atoms with van der Waals surface area (Å²) in [5, 5.41) is 9.65. The summed E-state index contributed by atoms with van der Waals surface area (Å²) < 4.78 is 29.1. The van der Waals surface area contributed by atoms with Gasteiger partial charge in [-0.1, -0.05) is 11.6 Å². The molecule has 1 aromatic carbocycles. The van der Waals surface area contributed by atoms with Crippen molar-refractivity contribution in [3.63, 3.8) is 0 Å². The van der Waals surface area contributed by atoms with Crippen molar-refractivity contribution in [2.45, 2.75) is 37.8 Å². The standard InChI is InChI=1S/C16H20ClN5O3S2/c1-2-22-14(19-20-16(22)26)10-18-15(23)12-9-11(5-6-13(12)17)27(24,25)21-7-3-4-8-21/h5-6,9H,2-4,7-8,10H2,1H3,(H,18,23)(H,20,26). The van der Waals surface area contributed by atoms with Crippen LogP contribution in [0.3, 0.4) is 0 Å². The van der Waals surface area contributed by atoms with Crippen LogP contribution in [0.15, 0.2) is 23.1 Å². The molecule has 1 aliphatic heterocycles. The number of benzene rings is 1. The second kappa shape index (κ2) is 8.09. The molecule has 0 unspecified atom stereocenters. The molecule has 0 atom stereocenters. The zero-order valence-corrected chi connectivity index (χ0v) is 17.1. The largest absolute Gasteiger partial charge is 0.345 e. The van der Waals surface area contributed by atoms with Crippen molar-refractivity contribution in [1.29, 1.82) is 0 Å². The number of carbonyl (C=O) groups is 1. The van der Waals surface area contributed by atoms with Gasteiger partial charge in [-0.3, -0.25) is 9.89 Å². The molecule has 1 saturated heterocycles. The molecule has 0 radical (unpaired) electrons. The van der Waals surface area contributed by atoms with Gasteiger partial charge in [0.2, 0.25) is 10.0 Å². The fraction of sp³-hybridized carbons (Fsp3) is 0.438. The summed E-state index contributed by atoms with van der Waals surface area (Å²) in [6.07, 6.45) is 1.68. The monoisotopic (exact) mass is 429 g/mol. The van der Waals surface area contributed by atoms with Crippen molar-refractivity contribution in [3.05, 3.63) is 39.4 Å². The first-order chi connectivity index (χ1) is 12.8. The van der Waals surface area contributed by atoms with Crippen LogP contribution in [0.25, 0.3) is 0 Å². The Morgan fingerprint density at radius 3 is 2.74 bits per heavy atom. The van der Waals surface area contributed by atoms with Gasteiger partial charge in [0.25, 0.3) is 5.91 Å². The summed E-state index contributed by atoms with van der Waals surface area (Å²) in [6, 6.07) is 4.18. The number of carbonyl (C=O) groups excluding carboxylic acids is 1. The Balaban J connectivity index is 1.81. The average molecular weight is 430 g/mol. The summed E-state index contributed by atoms with van der Waals surface area (Å²) in [4.78, 5) is 12.6. The van der Waals surface area contributed by atoms with Crippen molar-refractivity contribution in [1.82, 2.24) is 24.4 Å². The molecule has 27 heavy (non-hydrogen) atoms. The van der Waals surface area contributed by atoms with E-state index in [4.69, 9.17) is 23.8 Å². The highest BCUT2D eigenvalue weighted by Crippen LogP contribution is 2.25. The van der Waals surface area contributed by atoms with Gasteiger partial charge in [-0.05, 0) is 50.2 Å². The highest BCUT2D eigenvalue weighted by molar-refractivity contribution is 7.89. The second-order valence-electron chi connectivity index (χ2n) is 6.12. The lowest BCUT2D eigenvalue weighted by molar-refractivity contribution is 0.0949. The second-order valence-corrected chi connectivity index (χ2v) is 8.86. The first kappa shape index (κ1) is 20.0. The van der Waals surface area contributed by atoms with Crippen molar-refractivity contribution in [2.75, 3.05) is 13.1 Å². The van der Waals surface area contributed by atoms with Crippen LogP contribution >= 0.6 is 23.8 Å². The summed E-state index contributed by atoms with van der Waals surface area (Å²) >= 11 is 11.2. The van der Waals surface area contributed by atoms with Gasteiger partial charge in [-0.15, -0.1) is 0 Å². The molecule has 8 nitrogen and oxygen atoms in total. The van der Waals surface area contributed by atoms with Gasteiger partial charge < -0.3 is 9.88 Å². The number of nitrogens with zero attached hydrogens (tertiary/aromatic N) is 3. The zero-order valence-electron chi connectivity index (χ0n) is 14.7. The van der Waals surface area contributed by atoms with Crippen LogP contribution in [-0.2, 0) is 23.1 Å². The van der Waals surface area contributed by atoms with E-state index in [1.165, 1.54) is 22.5 Å². The van der Waals surface area contributed by atoms with Crippen molar-refractivity contribution < 1.29 is 13.2 Å². The molecular weight excluding hydrogens is 410 g/mol. The SMILES string of the molecule is CCn1c(CNC(=O)c2cc(S(=O)(=O)N3CCCC3)ccc2Cl)n[nH]c1=S. The number of sulfonamides is 1. The Labute approximate surface area is 167 Å². The molecule has 2 heterocycles. The minimum Gasteiger partial charge on any atom is -0.345 e. The number of rotatable bonds is 6. The van der Waals surface area contributed by atoms with Gasteiger partial charge in [0.1, 0.15) is 0 Å². The van der Waals surface area contributed by atoms with E-state index in [9.17, 15) is 13.2 Å². The van der Waals surface area contributed by atoms with Gasteiger partial charge in [-0.2, -0.15) is 9.40 Å². The Kier molecular flexibility index (Phi) is 5.99. The van der Waals surface area contributed by atoms with Gasteiger partial charge in [0.05, 0.1) is 22.0 Å². The number of nitrogens with one attached hydrogen (secondary N) is 2. The summed E-state index contributed by atoms with van der Waals surface area (Å²) in [5.41, 5.74) is 0.106. The molecule has 11 heteroatoms. The highest BCUT2D eigenvalue weighted by Gasteiger charge is 2.28. The van der Waals surface area contributed by atoms with Gasteiger partial charge in [0.15, 0.2) is 10.6 Å². The van der Waals surface area contributed by atoms with Crippen molar-refractivity contribution in [2.24, 2.45) is 0 Å². The van der Waals surface area contributed by atoms with Crippen LogP contribution in [-0.4, -0.2) is 46.5 Å². The van der Waals surface area contributed by atoms with Crippen LogP contribution < -0.4 is 5.32 Å². The van der Waals surface area contributed by atoms with E-state index in [0.717, 1.165) is 12.8 Å². The minimum atomic E-state index is -3.63. The van der Waals surface area contributed by atoms with Gasteiger partial charge in [0, 0.05) is 19.6 Å². The molecule has 3 rings (SSSR count). The molecule has 146 valence electrons. The predicted molar refractivity (Wildman–Crippen MR) is 104 cm³/mol. The maximum atomic E-state index is 12.7. The number of hydrogen-bond donors (Lipinski definition) is 2. The molecule has 1 aliphatic rings. The molecule has 1 fully saturated rings. The first-order valence-electron chi connectivity index (χ1n) is 8.56. The Morgan fingerprint density at radius 1 is 1.37 bits per heavy atom. The Bertz CT molecular complexity index is 1010. The highest BCUT2D eigenvalue weighted by atomic mass is 35.5. The molecule has 1 amide bonds. The van der Waals surface area contributed by atoms with Gasteiger partial charge >= 0.3 is 0 Å². The molecule has 2 N–H and O–H groups in total. The van der Waals surface area contributed by atoms with Gasteiger partial charge in [-0.25, -0.2) is 8.42 Å². The van der Waals surface area contributed by atoms with E-state index in [-0.39, 0.29) is 22.0 Å². The molecular formula is C16H20ClN5O3S2. The third-order valence-electron chi connectivity index (χ3n) is 4.45. The van der Waals surface area contributed by atoms with Crippen LogP contribution in [0.5, 0.6) is 0 Å². The topological polar surface area (TPSA) is 100 Å². The zero-order chi connectivity index (χ0) is 19.6. The minimum absolute atomic E-state index is 0.0650. The number of aromatic amines is 1. The molecule has 1 aromatic heterocycles. The molecule has 0 aliphatic carbocycles. The van der Waals surface area contributed by atoms with E-state index >= 15 is 0 Å². The number of amides is 1. The molecule has 2 aromatic rings. The fourth-order valence-electron chi connectivity index (χ4n) is 2.98. The predicted octanol–water partition coefficient (Wildman–Crippen LogP) is 2.33. The number of hydrogen-bond acceptors (Lipinski definition) is 5. The number of halogens is 1. The van der Waals surface area contributed by atoms with E-state index < -0.39 is 15.9 Å². The third kappa shape index (κ3) is 4.08. The lowest BCUT2D eigenvalue weighted by atomic mass is 10.2. The van der Waals surface area contributed by atoms with Crippen molar-refractivity contribution in [3.8, 4) is 0 Å². The van der Waals surface area contributed by atoms with Crippen LogP contribution in [0.2, 0.25) is 5.02 Å². The average Bonchev–Trinajstić information content (AvgIpc) is 3.30. The quantitative estimate of drug-likeness (QED) is 0.686. The summed E-state index contributed by atoms with van der Waals surface area (Å²) in [7, 11) is -3.63. The van der Waals surface area contributed by atoms with E-state index in [1.807, 2.05) is 6.92 Å². The maximum absolute atomic E-state index is 12.7. The molecule has 0 saturated carbocycles. The lowest BCUT2D eigenvalue weighted by Crippen LogP contribution is -2.29. The Morgan fingerprint density at radius 2 is 2.07 bits per heavy atom. The number of aromatic nitrogens is 3. The maximum Gasteiger partial charge on any atom is 0.253 e. The molecule has 0 bridgehead atoms. The van der Waals surface area contributed by atoms with Crippen LogP contribution in [0.4, 0.5) is 0 Å². The van der Waals surface area contributed by atoms with Crippen LogP contribution in [0, 0.1) is 4.77 Å². The van der Waals surface area contributed by atoms with Crippen LogP contribution in [0.1, 0.15) is 35.9 Å². The van der Waals surface area contributed by atoms with E-state index in [2.05, 4.69) is 15.5 Å². The fourth-order valence-corrected chi connectivity index (χ4v) is 5.01. The summed E-state index contributed by atoms with van der Waals surface area (Å²) in [6.45, 7) is 3.66.